The van der Waals surface area contributed by atoms with Gasteiger partial charge in [0.15, 0.2) is 11.5 Å². The molecule has 1 saturated carbocycles. The predicted molar refractivity (Wildman–Crippen MR) is 87.0 cm³/mol. The Morgan fingerprint density at radius 3 is 2.33 bits per heavy atom. The maximum absolute atomic E-state index is 6.46. The SMILES string of the molecule is CCC1CCC(C(N)Cc2ccc(OC)c(OC)c2)CC1. The van der Waals surface area contributed by atoms with E-state index >= 15 is 0 Å². The van der Waals surface area contributed by atoms with Crippen LogP contribution < -0.4 is 15.2 Å². The molecule has 0 radical (unpaired) electrons. The molecule has 0 heterocycles. The molecule has 3 nitrogen and oxygen atoms in total. The summed E-state index contributed by atoms with van der Waals surface area (Å²) in [5.41, 5.74) is 7.69. The second-order valence-electron chi connectivity index (χ2n) is 6.25. The Labute approximate surface area is 128 Å². The number of ether oxygens (including phenoxy) is 2. The van der Waals surface area contributed by atoms with E-state index < -0.39 is 0 Å². The Morgan fingerprint density at radius 1 is 1.10 bits per heavy atom. The van der Waals surface area contributed by atoms with Crippen molar-refractivity contribution in [2.45, 2.75) is 51.5 Å². The van der Waals surface area contributed by atoms with Gasteiger partial charge in [0.05, 0.1) is 14.2 Å². The topological polar surface area (TPSA) is 44.5 Å². The van der Waals surface area contributed by atoms with Gasteiger partial charge in [0, 0.05) is 6.04 Å². The van der Waals surface area contributed by atoms with Gasteiger partial charge in [0.2, 0.25) is 0 Å². The predicted octanol–water partition coefficient (Wildman–Crippen LogP) is 3.79. The van der Waals surface area contributed by atoms with Gasteiger partial charge in [-0.3, -0.25) is 0 Å². The summed E-state index contributed by atoms with van der Waals surface area (Å²) in [5.74, 6) is 3.16. The minimum Gasteiger partial charge on any atom is -0.493 e. The Kier molecular flexibility index (Phi) is 5.92. The van der Waals surface area contributed by atoms with Gasteiger partial charge in [0.25, 0.3) is 0 Å². The maximum Gasteiger partial charge on any atom is 0.160 e. The fourth-order valence-electron chi connectivity index (χ4n) is 3.47. The quantitative estimate of drug-likeness (QED) is 0.867. The first-order valence-electron chi connectivity index (χ1n) is 8.14. The first kappa shape index (κ1) is 16.2. The third-order valence-electron chi connectivity index (χ3n) is 4.99. The standard InChI is InChI=1S/C18H29NO2/c1-4-13-5-8-15(9-6-13)16(19)11-14-7-10-17(20-2)18(12-14)21-3/h7,10,12-13,15-16H,4-6,8-9,11,19H2,1-3H3. The largest absolute Gasteiger partial charge is 0.493 e. The van der Waals surface area contributed by atoms with Crippen LogP contribution in [0.3, 0.4) is 0 Å². The molecule has 21 heavy (non-hydrogen) atoms. The smallest absolute Gasteiger partial charge is 0.160 e. The van der Waals surface area contributed by atoms with E-state index in [1.165, 1.54) is 37.7 Å². The molecule has 1 aromatic rings. The van der Waals surface area contributed by atoms with E-state index in [-0.39, 0.29) is 6.04 Å². The molecule has 0 bridgehead atoms. The lowest BCUT2D eigenvalue weighted by molar-refractivity contribution is 0.238. The van der Waals surface area contributed by atoms with Crippen LogP contribution in [-0.4, -0.2) is 20.3 Å². The highest BCUT2D eigenvalue weighted by Gasteiger charge is 2.25. The van der Waals surface area contributed by atoms with Crippen molar-refractivity contribution in [3.8, 4) is 11.5 Å². The average molecular weight is 291 g/mol. The molecule has 0 aromatic heterocycles. The Balaban J connectivity index is 1.95. The van der Waals surface area contributed by atoms with Gasteiger partial charge in [-0.1, -0.05) is 32.3 Å². The normalized spacial score (nSPS) is 23.6. The van der Waals surface area contributed by atoms with E-state index in [9.17, 15) is 0 Å². The molecular formula is C18H29NO2. The van der Waals surface area contributed by atoms with Crippen LogP contribution in [0.4, 0.5) is 0 Å². The zero-order chi connectivity index (χ0) is 15.2. The zero-order valence-corrected chi connectivity index (χ0v) is 13.6. The molecule has 1 aliphatic carbocycles. The van der Waals surface area contributed by atoms with Crippen molar-refractivity contribution in [2.75, 3.05) is 14.2 Å². The monoisotopic (exact) mass is 291 g/mol. The highest BCUT2D eigenvalue weighted by atomic mass is 16.5. The Morgan fingerprint density at radius 2 is 1.76 bits per heavy atom. The fraction of sp³-hybridized carbons (Fsp3) is 0.667. The first-order chi connectivity index (χ1) is 10.2. The number of hydrogen-bond donors (Lipinski definition) is 1. The zero-order valence-electron chi connectivity index (χ0n) is 13.6. The summed E-state index contributed by atoms with van der Waals surface area (Å²) in [6.07, 6.45) is 7.50. The first-order valence-corrected chi connectivity index (χ1v) is 8.14. The van der Waals surface area contributed by atoms with Crippen LogP contribution in [0.25, 0.3) is 0 Å². The summed E-state index contributed by atoms with van der Waals surface area (Å²) >= 11 is 0. The number of nitrogens with two attached hydrogens (primary N) is 1. The van der Waals surface area contributed by atoms with E-state index in [1.54, 1.807) is 14.2 Å². The lowest BCUT2D eigenvalue weighted by atomic mass is 9.76. The summed E-state index contributed by atoms with van der Waals surface area (Å²) in [6.45, 7) is 2.30. The third kappa shape index (κ3) is 4.13. The van der Waals surface area contributed by atoms with Crippen LogP contribution in [0.15, 0.2) is 18.2 Å². The van der Waals surface area contributed by atoms with Crippen molar-refractivity contribution < 1.29 is 9.47 Å². The van der Waals surface area contributed by atoms with Crippen LogP contribution in [0, 0.1) is 11.8 Å². The van der Waals surface area contributed by atoms with Crippen molar-refractivity contribution >= 4 is 0 Å². The van der Waals surface area contributed by atoms with E-state index in [2.05, 4.69) is 19.1 Å². The molecule has 0 spiro atoms. The number of benzene rings is 1. The van der Waals surface area contributed by atoms with Crippen molar-refractivity contribution in [2.24, 2.45) is 17.6 Å². The van der Waals surface area contributed by atoms with Gasteiger partial charge in [-0.25, -0.2) is 0 Å². The molecule has 1 aromatic carbocycles. The maximum atomic E-state index is 6.46. The van der Waals surface area contributed by atoms with E-state index in [0.717, 1.165) is 23.8 Å². The van der Waals surface area contributed by atoms with Gasteiger partial charge < -0.3 is 15.2 Å². The molecular weight excluding hydrogens is 262 g/mol. The molecule has 1 fully saturated rings. The van der Waals surface area contributed by atoms with Crippen molar-refractivity contribution in [1.29, 1.82) is 0 Å². The van der Waals surface area contributed by atoms with Crippen LogP contribution in [0.1, 0.15) is 44.6 Å². The highest BCUT2D eigenvalue weighted by molar-refractivity contribution is 5.43. The van der Waals surface area contributed by atoms with Crippen molar-refractivity contribution in [3.05, 3.63) is 23.8 Å². The van der Waals surface area contributed by atoms with Gasteiger partial charge in [-0.15, -0.1) is 0 Å². The van der Waals surface area contributed by atoms with E-state index in [0.29, 0.717) is 5.92 Å². The highest BCUT2D eigenvalue weighted by Crippen LogP contribution is 2.33. The molecule has 1 unspecified atom stereocenters. The molecule has 118 valence electrons. The second-order valence-corrected chi connectivity index (χ2v) is 6.25. The third-order valence-corrected chi connectivity index (χ3v) is 4.99. The summed E-state index contributed by atoms with van der Waals surface area (Å²) in [6, 6.07) is 6.37. The van der Waals surface area contributed by atoms with Gasteiger partial charge >= 0.3 is 0 Å². The minimum atomic E-state index is 0.251. The van der Waals surface area contributed by atoms with Crippen molar-refractivity contribution in [3.63, 3.8) is 0 Å². The van der Waals surface area contributed by atoms with Crippen LogP contribution in [0.5, 0.6) is 11.5 Å². The lowest BCUT2D eigenvalue weighted by Crippen LogP contribution is -2.34. The Hall–Kier alpha value is -1.22. The minimum absolute atomic E-state index is 0.251. The van der Waals surface area contributed by atoms with E-state index in [4.69, 9.17) is 15.2 Å². The molecule has 1 atom stereocenters. The Bertz CT molecular complexity index is 439. The van der Waals surface area contributed by atoms with Gasteiger partial charge in [0.1, 0.15) is 0 Å². The second kappa shape index (κ2) is 7.69. The molecule has 2 N–H and O–H groups in total. The van der Waals surface area contributed by atoms with Gasteiger partial charge in [-0.05, 0) is 48.8 Å². The van der Waals surface area contributed by atoms with Crippen LogP contribution in [0.2, 0.25) is 0 Å². The lowest BCUT2D eigenvalue weighted by Gasteiger charge is -2.31. The molecule has 3 heteroatoms. The number of hydrogen-bond acceptors (Lipinski definition) is 3. The fourth-order valence-corrected chi connectivity index (χ4v) is 3.47. The summed E-state index contributed by atoms with van der Waals surface area (Å²) in [5, 5.41) is 0. The van der Waals surface area contributed by atoms with E-state index in [1.807, 2.05) is 6.07 Å². The molecule has 0 amide bonds. The van der Waals surface area contributed by atoms with Crippen LogP contribution >= 0.6 is 0 Å². The molecule has 0 saturated heterocycles. The molecule has 2 rings (SSSR count). The summed E-state index contributed by atoms with van der Waals surface area (Å²) < 4.78 is 10.6. The summed E-state index contributed by atoms with van der Waals surface area (Å²) in [4.78, 5) is 0. The van der Waals surface area contributed by atoms with Crippen LogP contribution in [-0.2, 0) is 6.42 Å². The number of methoxy groups -OCH3 is 2. The molecule has 1 aliphatic rings. The molecule has 0 aliphatic heterocycles. The van der Waals surface area contributed by atoms with Gasteiger partial charge in [-0.2, -0.15) is 0 Å². The summed E-state index contributed by atoms with van der Waals surface area (Å²) in [7, 11) is 3.34. The average Bonchev–Trinajstić information content (AvgIpc) is 2.54. The number of rotatable bonds is 6. The van der Waals surface area contributed by atoms with Crippen molar-refractivity contribution in [1.82, 2.24) is 0 Å².